The molecule has 2 amide bonds. The molecule has 0 fully saturated rings. The zero-order chi connectivity index (χ0) is 14.5. The number of benzene rings is 1. The first-order chi connectivity index (χ1) is 9.61. The monoisotopic (exact) mass is 277 g/mol. The number of anilines is 2. The fourth-order valence-electron chi connectivity index (χ4n) is 2.25. The number of nitrogens with two attached hydrogens (primary N) is 1. The first-order valence-corrected chi connectivity index (χ1v) is 6.60. The van der Waals surface area contributed by atoms with Crippen molar-refractivity contribution < 1.29 is 14.3 Å². The lowest BCUT2D eigenvalue weighted by Crippen LogP contribution is -2.25. The predicted octanol–water partition coefficient (Wildman–Crippen LogP) is 0.509. The first kappa shape index (κ1) is 14.5. The molecule has 6 heteroatoms. The highest BCUT2D eigenvalue weighted by molar-refractivity contribution is 5.95. The molecule has 0 radical (unpaired) electrons. The number of nitrogens with one attached hydrogen (secondary N) is 1. The Morgan fingerprint density at radius 2 is 2.25 bits per heavy atom. The van der Waals surface area contributed by atoms with Crippen LogP contribution in [0.15, 0.2) is 18.2 Å². The maximum Gasteiger partial charge on any atom is 0.250 e. The Bertz CT molecular complexity index is 516. The Morgan fingerprint density at radius 3 is 2.95 bits per heavy atom. The number of hydrogen-bond acceptors (Lipinski definition) is 4. The molecule has 2 rings (SSSR count). The molecule has 1 aliphatic heterocycles. The highest BCUT2D eigenvalue weighted by Gasteiger charge is 2.22. The minimum Gasteiger partial charge on any atom is -0.370 e. The second-order valence-corrected chi connectivity index (χ2v) is 4.65. The normalized spacial score (nSPS) is 13.2. The van der Waals surface area contributed by atoms with Crippen molar-refractivity contribution in [3.8, 4) is 0 Å². The minimum absolute atomic E-state index is 0.00610. The highest BCUT2D eigenvalue weighted by Crippen LogP contribution is 2.30. The fraction of sp³-hybridized carbons (Fsp3) is 0.429. The second-order valence-electron chi connectivity index (χ2n) is 4.65. The number of amides is 2. The van der Waals surface area contributed by atoms with Gasteiger partial charge in [-0.15, -0.1) is 0 Å². The molecule has 20 heavy (non-hydrogen) atoms. The maximum atomic E-state index is 11.6. The van der Waals surface area contributed by atoms with Gasteiger partial charge in [0.2, 0.25) is 11.8 Å². The van der Waals surface area contributed by atoms with Crippen molar-refractivity contribution in [2.24, 2.45) is 5.73 Å². The highest BCUT2D eigenvalue weighted by atomic mass is 16.5. The van der Waals surface area contributed by atoms with Crippen molar-refractivity contribution in [1.29, 1.82) is 0 Å². The summed E-state index contributed by atoms with van der Waals surface area (Å²) in [6, 6.07) is 5.56. The standard InChI is InChI=1S/C14H19N3O3/c1-10(18)17-6-4-11-8-12(2-3-13(11)17)16-14(19)9-20-7-5-15/h2-3,8H,4-7,9,15H2,1H3,(H,16,19). The zero-order valence-electron chi connectivity index (χ0n) is 11.5. The van der Waals surface area contributed by atoms with Gasteiger partial charge in [0.15, 0.2) is 0 Å². The Hall–Kier alpha value is -1.92. The summed E-state index contributed by atoms with van der Waals surface area (Å²) >= 11 is 0. The van der Waals surface area contributed by atoms with Crippen LogP contribution in [0.5, 0.6) is 0 Å². The molecule has 108 valence electrons. The van der Waals surface area contributed by atoms with Crippen molar-refractivity contribution in [2.75, 3.05) is 36.5 Å². The fourth-order valence-corrected chi connectivity index (χ4v) is 2.25. The molecular formula is C14H19N3O3. The van der Waals surface area contributed by atoms with E-state index in [1.807, 2.05) is 12.1 Å². The van der Waals surface area contributed by atoms with Crippen LogP contribution in [-0.2, 0) is 20.7 Å². The summed E-state index contributed by atoms with van der Waals surface area (Å²) in [6.45, 7) is 3.01. The molecule has 0 atom stereocenters. The Kier molecular flexibility index (Phi) is 4.70. The van der Waals surface area contributed by atoms with Gasteiger partial charge in [0.1, 0.15) is 6.61 Å². The number of ether oxygens (including phenoxy) is 1. The zero-order valence-corrected chi connectivity index (χ0v) is 11.5. The van der Waals surface area contributed by atoms with Gasteiger partial charge in [-0.25, -0.2) is 0 Å². The second kappa shape index (κ2) is 6.49. The summed E-state index contributed by atoms with van der Waals surface area (Å²) in [4.78, 5) is 24.8. The van der Waals surface area contributed by atoms with E-state index in [9.17, 15) is 9.59 Å². The van der Waals surface area contributed by atoms with Crippen molar-refractivity contribution >= 4 is 23.2 Å². The molecule has 0 spiro atoms. The predicted molar refractivity (Wildman–Crippen MR) is 76.7 cm³/mol. The minimum atomic E-state index is -0.208. The maximum absolute atomic E-state index is 11.6. The van der Waals surface area contributed by atoms with Gasteiger partial charge in [0, 0.05) is 31.4 Å². The molecule has 1 aliphatic rings. The van der Waals surface area contributed by atoms with E-state index < -0.39 is 0 Å². The number of carbonyl (C=O) groups excluding carboxylic acids is 2. The average molecular weight is 277 g/mol. The van der Waals surface area contributed by atoms with E-state index in [0.717, 1.165) is 23.4 Å². The first-order valence-electron chi connectivity index (χ1n) is 6.60. The van der Waals surface area contributed by atoms with Crippen LogP contribution in [-0.4, -0.2) is 38.1 Å². The van der Waals surface area contributed by atoms with Crippen LogP contribution in [0.3, 0.4) is 0 Å². The molecule has 3 N–H and O–H groups in total. The molecule has 1 aromatic rings. The summed E-state index contributed by atoms with van der Waals surface area (Å²) in [5.41, 5.74) is 7.99. The number of rotatable bonds is 5. The molecule has 0 bridgehead atoms. The average Bonchev–Trinajstić information content (AvgIpc) is 2.82. The lowest BCUT2D eigenvalue weighted by Gasteiger charge is -2.15. The van der Waals surface area contributed by atoms with E-state index in [1.54, 1.807) is 17.9 Å². The molecule has 0 unspecified atom stereocenters. The van der Waals surface area contributed by atoms with Crippen LogP contribution in [0.4, 0.5) is 11.4 Å². The topological polar surface area (TPSA) is 84.7 Å². The van der Waals surface area contributed by atoms with Gasteiger partial charge >= 0.3 is 0 Å². The van der Waals surface area contributed by atoms with Gasteiger partial charge in [-0.3, -0.25) is 9.59 Å². The molecule has 0 aliphatic carbocycles. The smallest absolute Gasteiger partial charge is 0.250 e. The van der Waals surface area contributed by atoms with Gasteiger partial charge in [0.05, 0.1) is 6.61 Å². The Labute approximate surface area is 117 Å². The van der Waals surface area contributed by atoms with Crippen molar-refractivity contribution in [3.05, 3.63) is 23.8 Å². The van der Waals surface area contributed by atoms with Gasteiger partial charge < -0.3 is 20.7 Å². The van der Waals surface area contributed by atoms with Crippen LogP contribution in [0, 0.1) is 0 Å². The third-order valence-corrected chi connectivity index (χ3v) is 3.13. The number of carbonyl (C=O) groups is 2. The van der Waals surface area contributed by atoms with Crippen LogP contribution in [0.25, 0.3) is 0 Å². The summed E-state index contributed by atoms with van der Waals surface area (Å²) in [7, 11) is 0. The van der Waals surface area contributed by atoms with Crippen molar-refractivity contribution in [1.82, 2.24) is 0 Å². The van der Waals surface area contributed by atoms with E-state index in [4.69, 9.17) is 10.5 Å². The van der Waals surface area contributed by atoms with Gasteiger partial charge in [-0.1, -0.05) is 0 Å². The molecule has 0 saturated heterocycles. The Morgan fingerprint density at radius 1 is 1.45 bits per heavy atom. The van der Waals surface area contributed by atoms with Crippen LogP contribution in [0.2, 0.25) is 0 Å². The van der Waals surface area contributed by atoms with E-state index >= 15 is 0 Å². The van der Waals surface area contributed by atoms with E-state index in [1.165, 1.54) is 0 Å². The largest absolute Gasteiger partial charge is 0.370 e. The molecule has 6 nitrogen and oxygen atoms in total. The molecular weight excluding hydrogens is 258 g/mol. The number of fused-ring (bicyclic) bond motifs is 1. The lowest BCUT2D eigenvalue weighted by atomic mass is 10.1. The third kappa shape index (κ3) is 3.34. The van der Waals surface area contributed by atoms with Crippen molar-refractivity contribution in [3.63, 3.8) is 0 Å². The lowest BCUT2D eigenvalue weighted by molar-refractivity contribution is -0.120. The summed E-state index contributed by atoms with van der Waals surface area (Å²) < 4.78 is 5.07. The summed E-state index contributed by atoms with van der Waals surface area (Å²) in [6.07, 6.45) is 0.808. The number of hydrogen-bond donors (Lipinski definition) is 2. The quantitative estimate of drug-likeness (QED) is 0.768. The van der Waals surface area contributed by atoms with Crippen LogP contribution in [0.1, 0.15) is 12.5 Å². The van der Waals surface area contributed by atoms with Gasteiger partial charge in [0.25, 0.3) is 0 Å². The van der Waals surface area contributed by atoms with Gasteiger partial charge in [-0.05, 0) is 30.2 Å². The van der Waals surface area contributed by atoms with Crippen molar-refractivity contribution in [2.45, 2.75) is 13.3 Å². The number of nitrogens with zero attached hydrogens (tertiary/aromatic N) is 1. The molecule has 1 heterocycles. The molecule has 0 aromatic heterocycles. The Balaban J connectivity index is 1.98. The summed E-state index contributed by atoms with van der Waals surface area (Å²) in [5, 5.41) is 2.77. The van der Waals surface area contributed by atoms with Crippen LogP contribution >= 0.6 is 0 Å². The summed E-state index contributed by atoms with van der Waals surface area (Å²) in [5.74, 6) is -0.171. The molecule has 1 aromatic carbocycles. The van der Waals surface area contributed by atoms with E-state index in [0.29, 0.717) is 19.7 Å². The van der Waals surface area contributed by atoms with E-state index in [2.05, 4.69) is 5.32 Å². The van der Waals surface area contributed by atoms with Crippen LogP contribution < -0.4 is 16.0 Å². The van der Waals surface area contributed by atoms with E-state index in [-0.39, 0.29) is 18.4 Å². The SMILES string of the molecule is CC(=O)N1CCc2cc(NC(=O)COCCN)ccc21. The third-order valence-electron chi connectivity index (χ3n) is 3.13. The molecule has 0 saturated carbocycles. The van der Waals surface area contributed by atoms with Gasteiger partial charge in [-0.2, -0.15) is 0 Å².